The average molecular weight is 451 g/mol. The SMILES string of the molecule is Cc1ccc(-c2noc(-c3ccc(CS(=O)(=O)c4ccc(CC(C)C)cc4)o3)n2)cc1C. The second-order valence-electron chi connectivity index (χ2n) is 8.49. The van der Waals surface area contributed by atoms with Crippen molar-refractivity contribution in [1.82, 2.24) is 10.1 Å². The topological polar surface area (TPSA) is 86.2 Å². The van der Waals surface area contributed by atoms with Gasteiger partial charge in [0.2, 0.25) is 5.82 Å². The molecular formula is C25H26N2O4S. The van der Waals surface area contributed by atoms with E-state index in [0.717, 1.165) is 23.1 Å². The highest BCUT2D eigenvalue weighted by Gasteiger charge is 2.20. The van der Waals surface area contributed by atoms with E-state index in [9.17, 15) is 8.42 Å². The van der Waals surface area contributed by atoms with E-state index in [1.807, 2.05) is 44.2 Å². The van der Waals surface area contributed by atoms with Gasteiger partial charge in [-0.05, 0) is 73.2 Å². The molecular weight excluding hydrogens is 424 g/mol. The van der Waals surface area contributed by atoms with Gasteiger partial charge in [0.15, 0.2) is 15.6 Å². The maximum Gasteiger partial charge on any atom is 0.293 e. The van der Waals surface area contributed by atoms with Crippen LogP contribution in [0.2, 0.25) is 0 Å². The summed E-state index contributed by atoms with van der Waals surface area (Å²) in [5, 5.41) is 4.03. The molecule has 0 atom stereocenters. The highest BCUT2D eigenvalue weighted by Crippen LogP contribution is 2.27. The first-order chi connectivity index (χ1) is 15.2. The Hall–Kier alpha value is -3.19. The van der Waals surface area contributed by atoms with E-state index in [0.29, 0.717) is 23.3 Å². The van der Waals surface area contributed by atoms with Gasteiger partial charge in [0.25, 0.3) is 5.89 Å². The Morgan fingerprint density at radius 3 is 2.38 bits per heavy atom. The lowest BCUT2D eigenvalue weighted by Crippen LogP contribution is -2.04. The van der Waals surface area contributed by atoms with Crippen LogP contribution in [0.15, 0.2) is 68.4 Å². The van der Waals surface area contributed by atoms with Crippen LogP contribution in [-0.4, -0.2) is 18.6 Å². The van der Waals surface area contributed by atoms with Crippen LogP contribution in [0.4, 0.5) is 0 Å². The van der Waals surface area contributed by atoms with Gasteiger partial charge in [-0.15, -0.1) is 0 Å². The fraction of sp³-hybridized carbons (Fsp3) is 0.280. The maximum atomic E-state index is 12.8. The van der Waals surface area contributed by atoms with Crippen LogP contribution in [0.5, 0.6) is 0 Å². The predicted molar refractivity (Wildman–Crippen MR) is 123 cm³/mol. The van der Waals surface area contributed by atoms with Crippen molar-refractivity contribution in [2.24, 2.45) is 5.92 Å². The van der Waals surface area contributed by atoms with Gasteiger partial charge in [0.05, 0.1) is 4.90 Å². The Labute approximate surface area is 188 Å². The van der Waals surface area contributed by atoms with E-state index in [1.165, 1.54) is 5.56 Å². The lowest BCUT2D eigenvalue weighted by Gasteiger charge is -2.07. The normalized spacial score (nSPS) is 11.9. The van der Waals surface area contributed by atoms with E-state index in [2.05, 4.69) is 24.0 Å². The number of aromatic nitrogens is 2. The quantitative estimate of drug-likeness (QED) is 0.354. The zero-order valence-corrected chi connectivity index (χ0v) is 19.4. The maximum absolute atomic E-state index is 12.8. The highest BCUT2D eigenvalue weighted by atomic mass is 32.2. The largest absolute Gasteiger partial charge is 0.455 e. The summed E-state index contributed by atoms with van der Waals surface area (Å²) >= 11 is 0. The average Bonchev–Trinajstić information content (AvgIpc) is 3.39. The molecule has 0 saturated heterocycles. The predicted octanol–water partition coefficient (Wildman–Crippen LogP) is 5.79. The highest BCUT2D eigenvalue weighted by molar-refractivity contribution is 7.90. The van der Waals surface area contributed by atoms with Crippen molar-refractivity contribution in [3.63, 3.8) is 0 Å². The molecule has 0 saturated carbocycles. The standard InChI is InChI=1S/C25H26N2O4S/c1-16(2)13-19-6-10-22(11-7-19)32(28,29)15-21-9-12-23(30-21)25-26-24(27-31-25)20-8-5-17(3)18(4)14-20/h5-12,14,16H,13,15H2,1-4H3. The minimum atomic E-state index is -3.53. The van der Waals surface area contributed by atoms with Crippen LogP contribution in [0, 0.1) is 19.8 Å². The lowest BCUT2D eigenvalue weighted by molar-refractivity contribution is 0.413. The molecule has 2 aromatic carbocycles. The number of benzene rings is 2. The molecule has 2 aromatic heterocycles. The summed E-state index contributed by atoms with van der Waals surface area (Å²) in [6.07, 6.45) is 0.913. The number of nitrogens with zero attached hydrogens (tertiary/aromatic N) is 2. The Morgan fingerprint density at radius 2 is 1.69 bits per heavy atom. The van der Waals surface area contributed by atoms with Crippen LogP contribution in [0.1, 0.15) is 36.3 Å². The Morgan fingerprint density at radius 1 is 0.938 bits per heavy atom. The van der Waals surface area contributed by atoms with E-state index >= 15 is 0 Å². The van der Waals surface area contributed by atoms with Gasteiger partial charge in [0, 0.05) is 5.56 Å². The van der Waals surface area contributed by atoms with Gasteiger partial charge in [-0.3, -0.25) is 0 Å². The summed E-state index contributed by atoms with van der Waals surface area (Å²) < 4.78 is 36.7. The zero-order chi connectivity index (χ0) is 22.9. The van der Waals surface area contributed by atoms with Crippen molar-refractivity contribution < 1.29 is 17.4 Å². The second-order valence-corrected chi connectivity index (χ2v) is 10.5. The molecule has 0 bridgehead atoms. The van der Waals surface area contributed by atoms with Crippen molar-refractivity contribution in [2.75, 3.05) is 0 Å². The number of furan rings is 1. The molecule has 0 spiro atoms. The van der Waals surface area contributed by atoms with E-state index in [4.69, 9.17) is 8.94 Å². The number of hydrogen-bond donors (Lipinski definition) is 0. The first-order valence-electron chi connectivity index (χ1n) is 10.5. The summed E-state index contributed by atoms with van der Waals surface area (Å²) in [6, 6.07) is 16.3. The summed E-state index contributed by atoms with van der Waals surface area (Å²) in [6.45, 7) is 8.33. The molecule has 0 unspecified atom stereocenters. The fourth-order valence-electron chi connectivity index (χ4n) is 3.47. The first kappa shape index (κ1) is 22.0. The van der Waals surface area contributed by atoms with Gasteiger partial charge < -0.3 is 8.94 Å². The molecule has 4 aromatic rings. The van der Waals surface area contributed by atoms with Gasteiger partial charge in [0.1, 0.15) is 11.5 Å². The number of rotatable bonds is 7. The van der Waals surface area contributed by atoms with Crippen molar-refractivity contribution in [1.29, 1.82) is 0 Å². The molecule has 0 N–H and O–H groups in total. The third-order valence-electron chi connectivity index (χ3n) is 5.32. The molecule has 0 aliphatic heterocycles. The van der Waals surface area contributed by atoms with Gasteiger partial charge in [-0.1, -0.05) is 43.3 Å². The first-order valence-corrected chi connectivity index (χ1v) is 12.2. The fourth-order valence-corrected chi connectivity index (χ4v) is 4.71. The van der Waals surface area contributed by atoms with Crippen LogP contribution in [-0.2, 0) is 22.0 Å². The zero-order valence-electron chi connectivity index (χ0n) is 18.6. The Balaban J connectivity index is 1.50. The van der Waals surface area contributed by atoms with Crippen LogP contribution in [0.25, 0.3) is 23.0 Å². The minimum absolute atomic E-state index is 0.208. The van der Waals surface area contributed by atoms with Crippen LogP contribution >= 0.6 is 0 Å². The molecule has 0 aliphatic carbocycles. The van der Waals surface area contributed by atoms with Crippen molar-refractivity contribution in [3.8, 4) is 23.0 Å². The van der Waals surface area contributed by atoms with E-state index in [1.54, 1.807) is 24.3 Å². The van der Waals surface area contributed by atoms with Gasteiger partial charge >= 0.3 is 0 Å². The molecule has 6 nitrogen and oxygen atoms in total. The molecule has 0 fully saturated rings. The molecule has 32 heavy (non-hydrogen) atoms. The molecule has 0 radical (unpaired) electrons. The third-order valence-corrected chi connectivity index (χ3v) is 6.98. The van der Waals surface area contributed by atoms with E-state index in [-0.39, 0.29) is 16.5 Å². The monoisotopic (exact) mass is 450 g/mol. The summed E-state index contributed by atoms with van der Waals surface area (Å²) in [7, 11) is -3.53. The number of aryl methyl sites for hydroxylation is 2. The second kappa shape index (κ2) is 8.74. The van der Waals surface area contributed by atoms with Crippen molar-refractivity contribution in [3.05, 3.63) is 77.0 Å². The third kappa shape index (κ3) is 4.83. The van der Waals surface area contributed by atoms with Crippen LogP contribution < -0.4 is 0 Å². The van der Waals surface area contributed by atoms with Crippen LogP contribution in [0.3, 0.4) is 0 Å². The lowest BCUT2D eigenvalue weighted by atomic mass is 10.0. The van der Waals surface area contributed by atoms with Crippen molar-refractivity contribution in [2.45, 2.75) is 44.8 Å². The molecule has 166 valence electrons. The smallest absolute Gasteiger partial charge is 0.293 e. The molecule has 2 heterocycles. The molecule has 0 aliphatic rings. The number of hydrogen-bond acceptors (Lipinski definition) is 6. The molecule has 7 heteroatoms. The summed E-state index contributed by atoms with van der Waals surface area (Å²) in [5.41, 5.74) is 4.29. The van der Waals surface area contributed by atoms with Gasteiger partial charge in [-0.2, -0.15) is 4.98 Å². The Kier molecular flexibility index (Phi) is 6.02. The molecule has 4 rings (SSSR count). The van der Waals surface area contributed by atoms with E-state index < -0.39 is 9.84 Å². The summed E-state index contributed by atoms with van der Waals surface area (Å²) in [4.78, 5) is 4.68. The Bertz CT molecular complexity index is 1330. The van der Waals surface area contributed by atoms with Crippen molar-refractivity contribution >= 4 is 9.84 Å². The minimum Gasteiger partial charge on any atom is -0.455 e. The van der Waals surface area contributed by atoms with Gasteiger partial charge in [-0.25, -0.2) is 8.42 Å². The summed E-state index contributed by atoms with van der Waals surface area (Å²) in [5.74, 6) is 1.59. The number of sulfone groups is 1. The molecule has 0 amide bonds.